The molecule has 2 aromatic heterocycles. The van der Waals surface area contributed by atoms with Crippen molar-refractivity contribution >= 4 is 22.6 Å². The number of amides is 1. The van der Waals surface area contributed by atoms with Gasteiger partial charge in [0.15, 0.2) is 5.65 Å². The largest absolute Gasteiger partial charge is 0.345 e. The van der Waals surface area contributed by atoms with Crippen molar-refractivity contribution in [2.45, 2.75) is 38.1 Å². The van der Waals surface area contributed by atoms with E-state index in [0.717, 1.165) is 66.9 Å². The number of hydrogen-bond donors (Lipinski definition) is 2. The Bertz CT molecular complexity index is 1120. The Hall–Kier alpha value is -2.99. The summed E-state index contributed by atoms with van der Waals surface area (Å²) in [7, 11) is 0. The van der Waals surface area contributed by atoms with Gasteiger partial charge in [0.05, 0.1) is 17.4 Å². The number of H-pyrrole nitrogens is 1. The summed E-state index contributed by atoms with van der Waals surface area (Å²) in [4.78, 5) is 26.4. The number of piperidine rings is 1. The molecule has 2 aromatic rings. The minimum Gasteiger partial charge on any atom is -0.345 e. The zero-order valence-electron chi connectivity index (χ0n) is 18.0. The Morgan fingerprint density at radius 2 is 2.29 bits per heavy atom. The highest BCUT2D eigenvalue weighted by molar-refractivity contribution is 5.85. The molecule has 2 N–H and O–H groups in total. The van der Waals surface area contributed by atoms with Crippen molar-refractivity contribution in [3.8, 4) is 0 Å². The van der Waals surface area contributed by atoms with E-state index in [0.29, 0.717) is 5.92 Å². The van der Waals surface area contributed by atoms with Crippen LogP contribution in [0.25, 0.3) is 16.7 Å². The van der Waals surface area contributed by atoms with Gasteiger partial charge in [-0.2, -0.15) is 0 Å². The molecule has 6 nitrogen and oxygen atoms in total. The van der Waals surface area contributed by atoms with E-state index in [1.54, 1.807) is 6.92 Å². The smallest absolute Gasteiger partial charge is 0.219 e. The second-order valence-corrected chi connectivity index (χ2v) is 8.99. The first kappa shape index (κ1) is 19.9. The average molecular weight is 416 g/mol. The van der Waals surface area contributed by atoms with E-state index >= 15 is 0 Å². The molecule has 160 valence electrons. The topological polar surface area (TPSA) is 83.8 Å². The van der Waals surface area contributed by atoms with Crippen LogP contribution in [0, 0.1) is 5.92 Å². The highest BCUT2D eigenvalue weighted by atomic mass is 16.2. The van der Waals surface area contributed by atoms with Gasteiger partial charge in [0, 0.05) is 38.3 Å². The number of aromatic amines is 1. The van der Waals surface area contributed by atoms with E-state index in [1.807, 2.05) is 35.5 Å². The second kappa shape index (κ2) is 7.93. The molecule has 0 bridgehead atoms. The van der Waals surface area contributed by atoms with Crippen LogP contribution in [0.5, 0.6) is 0 Å². The summed E-state index contributed by atoms with van der Waals surface area (Å²) in [6.07, 6.45) is 16.6. The van der Waals surface area contributed by atoms with Gasteiger partial charge in [-0.15, -0.1) is 0 Å². The van der Waals surface area contributed by atoms with Crippen molar-refractivity contribution < 1.29 is 4.79 Å². The molecule has 1 aliphatic carbocycles. The lowest BCUT2D eigenvalue weighted by Crippen LogP contribution is -2.39. The lowest BCUT2D eigenvalue weighted by Gasteiger charge is -2.33. The third kappa shape index (κ3) is 4.00. The van der Waals surface area contributed by atoms with E-state index in [-0.39, 0.29) is 11.4 Å². The zero-order chi connectivity index (χ0) is 21.4. The standard InChI is InChI=1S/C25H29N5O/c1-17-5-3-7-20(23-14-27-22-9-11-26-24(22)29-23)21(13-17)25(16-28-25)10-8-19-6-4-12-30(15-19)18(2)31/h3,5,7,9,11,13-14,19,28H,1,4,6,8,10,12,15-16H2,2H3,(H,26,29). The van der Waals surface area contributed by atoms with Crippen molar-refractivity contribution in [3.05, 3.63) is 66.2 Å². The SMILES string of the molecule is C=C1C=CC=C(c2cnc3cc[nH]c3n2)C(C2(CCC3CCCN(C(C)=O)C3)CN2)=C1. The van der Waals surface area contributed by atoms with Crippen molar-refractivity contribution in [1.29, 1.82) is 0 Å². The Morgan fingerprint density at radius 3 is 3.10 bits per heavy atom. The van der Waals surface area contributed by atoms with E-state index in [4.69, 9.17) is 4.98 Å². The molecule has 1 amide bonds. The first-order valence-electron chi connectivity index (χ1n) is 11.1. The molecule has 5 rings (SSSR count). The van der Waals surface area contributed by atoms with Crippen LogP contribution in [0.3, 0.4) is 0 Å². The summed E-state index contributed by atoms with van der Waals surface area (Å²) in [5.41, 5.74) is 5.80. The Balaban J connectivity index is 1.39. The number of hydrogen-bond acceptors (Lipinski definition) is 4. The van der Waals surface area contributed by atoms with Crippen LogP contribution >= 0.6 is 0 Å². The van der Waals surface area contributed by atoms with Crippen LogP contribution in [-0.2, 0) is 4.79 Å². The lowest BCUT2D eigenvalue weighted by atomic mass is 9.82. The van der Waals surface area contributed by atoms with Gasteiger partial charge in [-0.25, -0.2) is 4.98 Å². The molecule has 2 atom stereocenters. The van der Waals surface area contributed by atoms with E-state index in [2.05, 4.69) is 34.0 Å². The maximum atomic E-state index is 11.8. The Labute approximate surface area is 182 Å². The molecule has 4 heterocycles. The predicted octanol–water partition coefficient (Wildman–Crippen LogP) is 3.77. The molecule has 2 saturated heterocycles. The van der Waals surface area contributed by atoms with Crippen LogP contribution in [0.1, 0.15) is 38.3 Å². The molecule has 0 radical (unpaired) electrons. The normalized spacial score (nSPS) is 25.9. The number of carbonyl (C=O) groups excluding carboxylic acids is 1. The van der Waals surface area contributed by atoms with E-state index in [1.165, 1.54) is 12.0 Å². The molecule has 0 spiro atoms. The maximum Gasteiger partial charge on any atom is 0.219 e. The number of rotatable bonds is 5. The zero-order valence-corrected chi connectivity index (χ0v) is 18.0. The summed E-state index contributed by atoms with van der Waals surface area (Å²) < 4.78 is 0. The predicted molar refractivity (Wildman–Crippen MR) is 123 cm³/mol. The number of nitrogens with zero attached hydrogens (tertiary/aromatic N) is 3. The maximum absolute atomic E-state index is 11.8. The summed E-state index contributed by atoms with van der Waals surface area (Å²) in [5.74, 6) is 0.758. The highest BCUT2D eigenvalue weighted by Gasteiger charge is 2.47. The Kier molecular flexibility index (Phi) is 5.10. The van der Waals surface area contributed by atoms with Crippen LogP contribution < -0.4 is 5.32 Å². The van der Waals surface area contributed by atoms with Gasteiger partial charge in [0.25, 0.3) is 0 Å². The molecular formula is C25H29N5O. The summed E-state index contributed by atoms with van der Waals surface area (Å²) in [6.45, 7) is 8.62. The second-order valence-electron chi connectivity index (χ2n) is 8.99. The van der Waals surface area contributed by atoms with Crippen molar-refractivity contribution in [3.63, 3.8) is 0 Å². The minimum atomic E-state index is -0.0638. The van der Waals surface area contributed by atoms with Crippen molar-refractivity contribution in [1.82, 2.24) is 25.2 Å². The molecular weight excluding hydrogens is 386 g/mol. The van der Waals surface area contributed by atoms with Gasteiger partial charge >= 0.3 is 0 Å². The van der Waals surface area contributed by atoms with Crippen molar-refractivity contribution in [2.24, 2.45) is 5.92 Å². The van der Waals surface area contributed by atoms with Crippen LogP contribution in [0.2, 0.25) is 0 Å². The lowest BCUT2D eigenvalue weighted by molar-refractivity contribution is -0.130. The molecule has 31 heavy (non-hydrogen) atoms. The van der Waals surface area contributed by atoms with Crippen LogP contribution in [0.15, 0.2) is 60.5 Å². The monoisotopic (exact) mass is 415 g/mol. The third-order valence-corrected chi connectivity index (χ3v) is 6.79. The van der Waals surface area contributed by atoms with Gasteiger partial charge in [-0.05, 0) is 54.9 Å². The highest BCUT2D eigenvalue weighted by Crippen LogP contribution is 2.42. The van der Waals surface area contributed by atoms with E-state index < -0.39 is 0 Å². The fraction of sp³-hybridized carbons (Fsp3) is 0.400. The number of carbonyl (C=O) groups is 1. The summed E-state index contributed by atoms with van der Waals surface area (Å²) in [6, 6.07) is 1.94. The van der Waals surface area contributed by atoms with Crippen LogP contribution in [0.4, 0.5) is 0 Å². The quantitative estimate of drug-likeness (QED) is 0.728. The average Bonchev–Trinajstić information content (AvgIpc) is 3.46. The first-order chi connectivity index (χ1) is 15.0. The first-order valence-corrected chi connectivity index (χ1v) is 11.1. The van der Waals surface area contributed by atoms with Gasteiger partial charge in [-0.1, -0.05) is 24.8 Å². The molecule has 3 aliphatic rings. The third-order valence-electron chi connectivity index (χ3n) is 6.79. The number of aromatic nitrogens is 3. The fourth-order valence-electron chi connectivity index (χ4n) is 4.89. The molecule has 0 saturated carbocycles. The van der Waals surface area contributed by atoms with E-state index in [9.17, 15) is 4.79 Å². The van der Waals surface area contributed by atoms with Gasteiger partial charge in [0.2, 0.25) is 5.91 Å². The van der Waals surface area contributed by atoms with Gasteiger partial charge < -0.3 is 15.2 Å². The van der Waals surface area contributed by atoms with Crippen LogP contribution in [-0.4, -0.2) is 50.9 Å². The van der Waals surface area contributed by atoms with Crippen molar-refractivity contribution in [2.75, 3.05) is 19.6 Å². The van der Waals surface area contributed by atoms with Gasteiger partial charge in [0.1, 0.15) is 5.52 Å². The fourth-order valence-corrected chi connectivity index (χ4v) is 4.89. The number of likely N-dealkylation sites (tertiary alicyclic amines) is 1. The number of nitrogens with one attached hydrogen (secondary N) is 2. The molecule has 2 aliphatic heterocycles. The molecule has 0 aromatic carbocycles. The number of allylic oxidation sites excluding steroid dienone is 5. The molecule has 2 unspecified atom stereocenters. The summed E-state index contributed by atoms with van der Waals surface area (Å²) in [5, 5.41) is 3.66. The molecule has 6 heteroatoms. The Morgan fingerprint density at radius 1 is 1.42 bits per heavy atom. The molecule has 2 fully saturated rings. The minimum absolute atomic E-state index is 0.0638. The van der Waals surface area contributed by atoms with Gasteiger partial charge in [-0.3, -0.25) is 9.78 Å². The number of fused-ring (bicyclic) bond motifs is 1. The summed E-state index contributed by atoms with van der Waals surface area (Å²) >= 11 is 0.